The second-order valence-corrected chi connectivity index (χ2v) is 4.72. The molecule has 2 aromatic heterocycles. The molecule has 0 saturated carbocycles. The van der Waals surface area contributed by atoms with Gasteiger partial charge in [0.05, 0.1) is 6.61 Å². The van der Waals surface area contributed by atoms with Crippen molar-refractivity contribution >= 4 is 22.9 Å². The van der Waals surface area contributed by atoms with E-state index < -0.39 is 5.97 Å². The molecule has 0 bridgehead atoms. The molecule has 0 aliphatic rings. The highest BCUT2D eigenvalue weighted by atomic mass is 16.5. The smallest absolute Gasteiger partial charge is 0.355 e. The quantitative estimate of drug-likeness (QED) is 0.721. The van der Waals surface area contributed by atoms with Crippen molar-refractivity contribution < 1.29 is 13.9 Å². The zero-order valence-corrected chi connectivity index (χ0v) is 11.8. The zero-order chi connectivity index (χ0) is 15.0. The SMILES string of the molecule is CCOC(=O)c1[nH]c2ccc(C)cc2c1-c1coc(N)n1. The Morgan fingerprint density at radius 3 is 2.95 bits per heavy atom. The first kappa shape index (κ1) is 13.2. The number of carbonyl (C=O) groups excluding carboxylic acids is 1. The molecule has 0 aliphatic heterocycles. The number of benzene rings is 1. The number of aromatic amines is 1. The fourth-order valence-electron chi connectivity index (χ4n) is 2.33. The van der Waals surface area contributed by atoms with Crippen molar-refractivity contribution in [2.75, 3.05) is 12.3 Å². The van der Waals surface area contributed by atoms with E-state index in [1.165, 1.54) is 6.26 Å². The van der Waals surface area contributed by atoms with E-state index >= 15 is 0 Å². The van der Waals surface area contributed by atoms with Gasteiger partial charge in [-0.25, -0.2) is 4.79 Å². The minimum atomic E-state index is -0.428. The first-order chi connectivity index (χ1) is 10.1. The minimum Gasteiger partial charge on any atom is -0.461 e. The lowest BCUT2D eigenvalue weighted by Gasteiger charge is -2.01. The summed E-state index contributed by atoms with van der Waals surface area (Å²) in [5.74, 6) is -0.428. The Morgan fingerprint density at radius 2 is 2.29 bits per heavy atom. The summed E-state index contributed by atoms with van der Waals surface area (Å²) in [4.78, 5) is 19.4. The lowest BCUT2D eigenvalue weighted by Crippen LogP contribution is -2.06. The Kier molecular flexibility index (Phi) is 3.13. The van der Waals surface area contributed by atoms with E-state index in [2.05, 4.69) is 9.97 Å². The van der Waals surface area contributed by atoms with E-state index in [-0.39, 0.29) is 6.01 Å². The van der Waals surface area contributed by atoms with Crippen LogP contribution in [0.5, 0.6) is 0 Å². The van der Waals surface area contributed by atoms with E-state index in [1.54, 1.807) is 6.92 Å². The van der Waals surface area contributed by atoms with Crippen molar-refractivity contribution in [3.05, 3.63) is 35.7 Å². The number of hydrogen-bond acceptors (Lipinski definition) is 5. The predicted molar refractivity (Wildman–Crippen MR) is 78.9 cm³/mol. The van der Waals surface area contributed by atoms with Gasteiger partial charge in [-0.2, -0.15) is 4.98 Å². The van der Waals surface area contributed by atoms with Gasteiger partial charge in [0.15, 0.2) is 0 Å². The van der Waals surface area contributed by atoms with Crippen LogP contribution < -0.4 is 5.73 Å². The van der Waals surface area contributed by atoms with Gasteiger partial charge in [0, 0.05) is 16.5 Å². The van der Waals surface area contributed by atoms with Gasteiger partial charge < -0.3 is 19.9 Å². The maximum absolute atomic E-state index is 12.2. The summed E-state index contributed by atoms with van der Waals surface area (Å²) >= 11 is 0. The molecule has 21 heavy (non-hydrogen) atoms. The molecule has 6 nitrogen and oxygen atoms in total. The number of nitrogens with two attached hydrogens (primary N) is 1. The topological polar surface area (TPSA) is 94.1 Å². The maximum atomic E-state index is 12.2. The average Bonchev–Trinajstić information content (AvgIpc) is 3.02. The highest BCUT2D eigenvalue weighted by molar-refractivity contribution is 6.07. The van der Waals surface area contributed by atoms with E-state index in [4.69, 9.17) is 14.9 Å². The molecular weight excluding hydrogens is 270 g/mol. The highest BCUT2D eigenvalue weighted by Gasteiger charge is 2.22. The van der Waals surface area contributed by atoms with Crippen LogP contribution in [0.25, 0.3) is 22.2 Å². The molecule has 0 aliphatic carbocycles. The first-order valence-electron chi connectivity index (χ1n) is 6.61. The number of aryl methyl sites for hydroxylation is 1. The number of carbonyl (C=O) groups is 1. The number of esters is 1. The van der Waals surface area contributed by atoms with Crippen molar-refractivity contribution in [2.24, 2.45) is 0 Å². The number of hydrogen-bond donors (Lipinski definition) is 2. The second-order valence-electron chi connectivity index (χ2n) is 4.72. The number of aromatic nitrogens is 2. The van der Waals surface area contributed by atoms with Crippen LogP contribution in [0.4, 0.5) is 6.01 Å². The minimum absolute atomic E-state index is 0.0572. The number of rotatable bonds is 3. The number of H-pyrrole nitrogens is 1. The molecule has 0 amide bonds. The molecule has 0 spiro atoms. The van der Waals surface area contributed by atoms with Gasteiger partial charge in [0.2, 0.25) is 0 Å². The molecule has 6 heteroatoms. The van der Waals surface area contributed by atoms with Crippen molar-refractivity contribution in [1.29, 1.82) is 0 Å². The summed E-state index contributed by atoms with van der Waals surface area (Å²) in [6.07, 6.45) is 1.43. The van der Waals surface area contributed by atoms with Gasteiger partial charge in [-0.3, -0.25) is 0 Å². The van der Waals surface area contributed by atoms with Gasteiger partial charge in [0.25, 0.3) is 6.01 Å². The summed E-state index contributed by atoms with van der Waals surface area (Å²) in [6, 6.07) is 5.92. The summed E-state index contributed by atoms with van der Waals surface area (Å²) in [7, 11) is 0. The third kappa shape index (κ3) is 2.24. The number of oxazole rings is 1. The first-order valence-corrected chi connectivity index (χ1v) is 6.61. The molecular formula is C15H15N3O3. The monoisotopic (exact) mass is 285 g/mol. The number of anilines is 1. The largest absolute Gasteiger partial charge is 0.461 e. The normalized spacial score (nSPS) is 11.0. The van der Waals surface area contributed by atoms with E-state index in [0.717, 1.165) is 16.5 Å². The highest BCUT2D eigenvalue weighted by Crippen LogP contribution is 2.33. The van der Waals surface area contributed by atoms with Gasteiger partial charge in [-0.1, -0.05) is 11.6 Å². The molecule has 0 fully saturated rings. The summed E-state index contributed by atoms with van der Waals surface area (Å²) in [5.41, 5.74) is 8.96. The molecule has 0 radical (unpaired) electrons. The Bertz CT molecular complexity index is 817. The molecule has 3 N–H and O–H groups in total. The molecule has 1 aromatic carbocycles. The van der Waals surface area contributed by atoms with Crippen LogP contribution in [0, 0.1) is 6.92 Å². The molecule has 0 atom stereocenters. The molecule has 0 saturated heterocycles. The lowest BCUT2D eigenvalue weighted by atomic mass is 10.1. The summed E-state index contributed by atoms with van der Waals surface area (Å²) in [5, 5.41) is 0.881. The van der Waals surface area contributed by atoms with Gasteiger partial charge in [-0.15, -0.1) is 0 Å². The van der Waals surface area contributed by atoms with Gasteiger partial charge >= 0.3 is 5.97 Å². The number of fused-ring (bicyclic) bond motifs is 1. The lowest BCUT2D eigenvalue weighted by molar-refractivity contribution is 0.0521. The second kappa shape index (κ2) is 4.97. The molecule has 108 valence electrons. The Balaban J connectivity index is 2.28. The molecule has 0 unspecified atom stereocenters. The third-order valence-electron chi connectivity index (χ3n) is 3.21. The predicted octanol–water partition coefficient (Wildman–Crippen LogP) is 2.89. The summed E-state index contributed by atoms with van der Waals surface area (Å²) < 4.78 is 10.2. The van der Waals surface area contributed by atoms with Crippen LogP contribution in [0.15, 0.2) is 28.9 Å². The van der Waals surface area contributed by atoms with Crippen LogP contribution >= 0.6 is 0 Å². The summed E-state index contributed by atoms with van der Waals surface area (Å²) in [6.45, 7) is 4.05. The van der Waals surface area contributed by atoms with Crippen LogP contribution in [-0.2, 0) is 4.74 Å². The fraction of sp³-hybridized carbons (Fsp3) is 0.200. The van der Waals surface area contributed by atoms with Crippen molar-refractivity contribution in [2.45, 2.75) is 13.8 Å². The number of nitrogens with one attached hydrogen (secondary N) is 1. The van der Waals surface area contributed by atoms with Crippen molar-refractivity contribution in [1.82, 2.24) is 9.97 Å². The van der Waals surface area contributed by atoms with Crippen molar-refractivity contribution in [3.63, 3.8) is 0 Å². The molecule has 3 aromatic rings. The van der Waals surface area contributed by atoms with Crippen molar-refractivity contribution in [3.8, 4) is 11.3 Å². The molecule has 2 heterocycles. The van der Waals surface area contributed by atoms with Gasteiger partial charge in [-0.05, 0) is 26.0 Å². The fourth-order valence-corrected chi connectivity index (χ4v) is 2.33. The van der Waals surface area contributed by atoms with Gasteiger partial charge in [0.1, 0.15) is 17.7 Å². The number of nitrogen functional groups attached to an aromatic ring is 1. The van der Waals surface area contributed by atoms with E-state index in [9.17, 15) is 4.79 Å². The maximum Gasteiger partial charge on any atom is 0.355 e. The third-order valence-corrected chi connectivity index (χ3v) is 3.21. The van der Waals surface area contributed by atoms with E-state index in [0.29, 0.717) is 23.6 Å². The van der Waals surface area contributed by atoms with Crippen LogP contribution in [0.3, 0.4) is 0 Å². The zero-order valence-electron chi connectivity index (χ0n) is 11.8. The number of nitrogens with zero attached hydrogens (tertiary/aromatic N) is 1. The van der Waals surface area contributed by atoms with Crippen LogP contribution in [-0.4, -0.2) is 22.5 Å². The molecule has 3 rings (SSSR count). The Morgan fingerprint density at radius 1 is 1.48 bits per heavy atom. The average molecular weight is 285 g/mol. The standard InChI is InChI=1S/C15H15N3O3/c1-3-20-14(19)13-12(11-7-21-15(16)18-11)9-6-8(2)4-5-10(9)17-13/h4-7,17H,3H2,1-2H3,(H2,16,18). The number of ether oxygens (including phenoxy) is 1. The van der Waals surface area contributed by atoms with E-state index in [1.807, 2.05) is 25.1 Å². The van der Waals surface area contributed by atoms with Crippen LogP contribution in [0.2, 0.25) is 0 Å². The Hall–Kier alpha value is -2.76. The van der Waals surface area contributed by atoms with Crippen LogP contribution in [0.1, 0.15) is 23.0 Å². The Labute approximate surface area is 120 Å².